The molecule has 0 N–H and O–H groups in total. The molecule has 6 nitrogen and oxygen atoms in total. The van der Waals surface area contributed by atoms with Gasteiger partial charge in [-0.15, -0.1) is 0 Å². The SMILES string of the molecule is COc1ccc(N2CCN(CC(=O)c3ccc(F)cc3)C(=O)C2=O)cc1. The molecule has 0 aliphatic carbocycles. The third-order valence-electron chi connectivity index (χ3n) is 4.19. The number of anilines is 1. The fourth-order valence-electron chi connectivity index (χ4n) is 2.73. The van der Waals surface area contributed by atoms with Crippen LogP contribution in [0.15, 0.2) is 48.5 Å². The monoisotopic (exact) mass is 356 g/mol. The van der Waals surface area contributed by atoms with Crippen molar-refractivity contribution in [3.8, 4) is 5.75 Å². The number of hydrogen-bond acceptors (Lipinski definition) is 4. The zero-order chi connectivity index (χ0) is 18.7. The van der Waals surface area contributed by atoms with Gasteiger partial charge < -0.3 is 14.5 Å². The van der Waals surface area contributed by atoms with E-state index in [0.717, 1.165) is 0 Å². The Hall–Kier alpha value is -3.22. The molecule has 26 heavy (non-hydrogen) atoms. The second-order valence-corrected chi connectivity index (χ2v) is 5.81. The van der Waals surface area contributed by atoms with Gasteiger partial charge in [0.2, 0.25) is 0 Å². The summed E-state index contributed by atoms with van der Waals surface area (Å²) in [6, 6.07) is 11.9. The van der Waals surface area contributed by atoms with Gasteiger partial charge in [-0.1, -0.05) is 0 Å². The Balaban J connectivity index is 1.68. The number of piperazine rings is 1. The number of Topliss-reactive ketones (excluding diaryl/α,β-unsaturated/α-hetero) is 1. The summed E-state index contributed by atoms with van der Waals surface area (Å²) in [5, 5.41) is 0. The molecule has 0 unspecified atom stereocenters. The molecular weight excluding hydrogens is 339 g/mol. The van der Waals surface area contributed by atoms with Gasteiger partial charge in [-0.05, 0) is 48.5 Å². The van der Waals surface area contributed by atoms with Crippen LogP contribution in [0, 0.1) is 5.82 Å². The van der Waals surface area contributed by atoms with Crippen LogP contribution in [0.1, 0.15) is 10.4 Å². The molecule has 2 aromatic carbocycles. The molecule has 1 aliphatic heterocycles. The van der Waals surface area contributed by atoms with E-state index in [9.17, 15) is 18.8 Å². The maximum Gasteiger partial charge on any atom is 0.316 e. The summed E-state index contributed by atoms with van der Waals surface area (Å²) >= 11 is 0. The van der Waals surface area contributed by atoms with Crippen LogP contribution in [0.5, 0.6) is 5.75 Å². The van der Waals surface area contributed by atoms with E-state index in [1.807, 2.05) is 0 Å². The number of amides is 2. The van der Waals surface area contributed by atoms with E-state index in [1.54, 1.807) is 31.4 Å². The average Bonchev–Trinajstić information content (AvgIpc) is 2.66. The summed E-state index contributed by atoms with van der Waals surface area (Å²) in [5.74, 6) is -1.56. The molecule has 134 valence electrons. The quantitative estimate of drug-likeness (QED) is 0.606. The van der Waals surface area contributed by atoms with Crippen LogP contribution in [-0.2, 0) is 9.59 Å². The first-order chi connectivity index (χ1) is 12.5. The number of methoxy groups -OCH3 is 1. The molecule has 0 saturated carbocycles. The van der Waals surface area contributed by atoms with Gasteiger partial charge >= 0.3 is 11.8 Å². The molecule has 2 amide bonds. The van der Waals surface area contributed by atoms with Crippen LogP contribution >= 0.6 is 0 Å². The summed E-state index contributed by atoms with van der Waals surface area (Å²) in [5.41, 5.74) is 0.887. The van der Waals surface area contributed by atoms with Crippen molar-refractivity contribution in [2.45, 2.75) is 0 Å². The molecule has 1 fully saturated rings. The lowest BCUT2D eigenvalue weighted by Crippen LogP contribution is -2.55. The standard InChI is InChI=1S/C19H17FN2O4/c1-26-16-8-6-15(7-9-16)22-11-10-21(18(24)19(22)25)12-17(23)13-2-4-14(20)5-3-13/h2-9H,10-12H2,1H3. The molecule has 0 radical (unpaired) electrons. The Labute approximate surface area is 149 Å². The highest BCUT2D eigenvalue weighted by atomic mass is 19.1. The predicted octanol–water partition coefficient (Wildman–Crippen LogP) is 1.89. The minimum Gasteiger partial charge on any atom is -0.497 e. The molecule has 0 atom stereocenters. The number of ketones is 1. The summed E-state index contributed by atoms with van der Waals surface area (Å²) in [6.07, 6.45) is 0. The predicted molar refractivity (Wildman–Crippen MR) is 92.7 cm³/mol. The largest absolute Gasteiger partial charge is 0.497 e. The smallest absolute Gasteiger partial charge is 0.316 e. The molecule has 1 aliphatic rings. The third-order valence-corrected chi connectivity index (χ3v) is 4.19. The number of ether oxygens (including phenoxy) is 1. The van der Waals surface area contributed by atoms with Crippen molar-refractivity contribution in [1.29, 1.82) is 0 Å². The molecule has 0 bridgehead atoms. The minimum absolute atomic E-state index is 0.216. The second-order valence-electron chi connectivity index (χ2n) is 5.81. The highest BCUT2D eigenvalue weighted by Gasteiger charge is 2.34. The Morgan fingerprint density at radius 2 is 1.65 bits per heavy atom. The Kier molecular flexibility index (Phi) is 4.97. The van der Waals surface area contributed by atoms with Crippen molar-refractivity contribution >= 4 is 23.3 Å². The van der Waals surface area contributed by atoms with Crippen molar-refractivity contribution < 1.29 is 23.5 Å². The summed E-state index contributed by atoms with van der Waals surface area (Å²) < 4.78 is 18.0. The summed E-state index contributed by atoms with van der Waals surface area (Å²) in [4.78, 5) is 39.6. The van der Waals surface area contributed by atoms with Gasteiger partial charge in [0.25, 0.3) is 0 Å². The number of carbonyl (C=O) groups excluding carboxylic acids is 3. The fourth-order valence-corrected chi connectivity index (χ4v) is 2.73. The number of halogens is 1. The number of carbonyl (C=O) groups is 3. The topological polar surface area (TPSA) is 66.9 Å². The zero-order valence-electron chi connectivity index (χ0n) is 14.1. The number of rotatable bonds is 5. The number of nitrogens with zero attached hydrogens (tertiary/aromatic N) is 2. The van der Waals surface area contributed by atoms with Gasteiger partial charge in [0, 0.05) is 24.3 Å². The third kappa shape index (κ3) is 3.56. The molecule has 0 spiro atoms. The lowest BCUT2D eigenvalue weighted by molar-refractivity contribution is -0.145. The van der Waals surface area contributed by atoms with E-state index in [1.165, 1.54) is 34.1 Å². The Morgan fingerprint density at radius 3 is 2.27 bits per heavy atom. The number of benzene rings is 2. The first kappa shape index (κ1) is 17.6. The highest BCUT2D eigenvalue weighted by molar-refractivity contribution is 6.41. The summed E-state index contributed by atoms with van der Waals surface area (Å²) in [6.45, 7) is 0.309. The van der Waals surface area contributed by atoms with E-state index < -0.39 is 17.6 Å². The Morgan fingerprint density at radius 1 is 1.00 bits per heavy atom. The first-order valence-electron chi connectivity index (χ1n) is 8.03. The Bertz CT molecular complexity index is 834. The van der Waals surface area contributed by atoms with Crippen LogP contribution in [0.25, 0.3) is 0 Å². The fraction of sp³-hybridized carbons (Fsp3) is 0.211. The zero-order valence-corrected chi connectivity index (χ0v) is 14.1. The normalized spacial score (nSPS) is 14.5. The van der Waals surface area contributed by atoms with Gasteiger partial charge in [-0.3, -0.25) is 14.4 Å². The highest BCUT2D eigenvalue weighted by Crippen LogP contribution is 2.21. The van der Waals surface area contributed by atoms with Gasteiger partial charge in [-0.2, -0.15) is 0 Å². The van der Waals surface area contributed by atoms with Crippen molar-refractivity contribution in [3.05, 3.63) is 59.9 Å². The maximum atomic E-state index is 12.9. The van der Waals surface area contributed by atoms with Gasteiger partial charge in [0.05, 0.1) is 13.7 Å². The molecule has 7 heteroatoms. The van der Waals surface area contributed by atoms with E-state index in [0.29, 0.717) is 17.0 Å². The molecular formula is C19H17FN2O4. The van der Waals surface area contributed by atoms with Crippen LogP contribution < -0.4 is 9.64 Å². The van der Waals surface area contributed by atoms with Crippen molar-refractivity contribution in [3.63, 3.8) is 0 Å². The van der Waals surface area contributed by atoms with Crippen molar-refractivity contribution in [2.24, 2.45) is 0 Å². The molecule has 0 aromatic heterocycles. The maximum absolute atomic E-state index is 12.9. The molecule has 1 saturated heterocycles. The van der Waals surface area contributed by atoms with E-state index >= 15 is 0 Å². The van der Waals surface area contributed by atoms with Gasteiger partial charge in [0.15, 0.2) is 5.78 Å². The molecule has 1 heterocycles. The van der Waals surface area contributed by atoms with Crippen LogP contribution in [0.4, 0.5) is 10.1 Å². The summed E-state index contributed by atoms with van der Waals surface area (Å²) in [7, 11) is 1.54. The van der Waals surface area contributed by atoms with Crippen LogP contribution in [-0.4, -0.2) is 49.2 Å². The van der Waals surface area contributed by atoms with Crippen molar-refractivity contribution in [1.82, 2.24) is 4.90 Å². The molecule has 3 rings (SSSR count). The van der Waals surface area contributed by atoms with E-state index in [-0.39, 0.29) is 25.4 Å². The first-order valence-corrected chi connectivity index (χ1v) is 8.03. The molecule has 2 aromatic rings. The van der Waals surface area contributed by atoms with Crippen LogP contribution in [0.3, 0.4) is 0 Å². The van der Waals surface area contributed by atoms with Gasteiger partial charge in [-0.25, -0.2) is 4.39 Å². The van der Waals surface area contributed by atoms with Gasteiger partial charge in [0.1, 0.15) is 11.6 Å². The number of hydrogen-bond donors (Lipinski definition) is 0. The van der Waals surface area contributed by atoms with E-state index in [2.05, 4.69) is 0 Å². The second kappa shape index (κ2) is 7.35. The van der Waals surface area contributed by atoms with Crippen molar-refractivity contribution in [2.75, 3.05) is 31.6 Å². The van der Waals surface area contributed by atoms with E-state index in [4.69, 9.17) is 4.74 Å². The van der Waals surface area contributed by atoms with Crippen LogP contribution in [0.2, 0.25) is 0 Å². The average molecular weight is 356 g/mol. The lowest BCUT2D eigenvalue weighted by atomic mass is 10.1. The minimum atomic E-state index is -0.734. The lowest BCUT2D eigenvalue weighted by Gasteiger charge is -2.33.